The molecule has 3 heteroatoms. The molecule has 16 heavy (non-hydrogen) atoms. The Hall–Kier alpha value is -1.64. The minimum absolute atomic E-state index is 0.0808. The highest BCUT2D eigenvalue weighted by molar-refractivity contribution is 6.12. The molecule has 1 aromatic rings. The first kappa shape index (κ1) is 10.9. The van der Waals surface area contributed by atoms with Crippen molar-refractivity contribution in [3.05, 3.63) is 30.3 Å². The summed E-state index contributed by atoms with van der Waals surface area (Å²) in [7, 11) is 0. The molecule has 0 saturated heterocycles. The summed E-state index contributed by atoms with van der Waals surface area (Å²) in [6.07, 6.45) is 3.66. The summed E-state index contributed by atoms with van der Waals surface area (Å²) in [5, 5.41) is 5.90. The van der Waals surface area contributed by atoms with Gasteiger partial charge in [0.05, 0.1) is 12.1 Å². The highest BCUT2D eigenvalue weighted by atomic mass is 16.2. The summed E-state index contributed by atoms with van der Waals surface area (Å²) >= 11 is 0. The van der Waals surface area contributed by atoms with Gasteiger partial charge < -0.3 is 0 Å². The SMILES string of the molecule is CCCCC1=NN(c2ccccc2)C(=O)C1. The smallest absolute Gasteiger partial charge is 0.253 e. The molecule has 1 aliphatic rings. The molecule has 1 amide bonds. The van der Waals surface area contributed by atoms with Gasteiger partial charge in [0.2, 0.25) is 0 Å². The molecule has 0 N–H and O–H groups in total. The third-order valence-electron chi connectivity index (χ3n) is 2.65. The van der Waals surface area contributed by atoms with Crippen molar-refractivity contribution in [1.29, 1.82) is 0 Å². The van der Waals surface area contributed by atoms with E-state index in [0.717, 1.165) is 30.7 Å². The zero-order valence-electron chi connectivity index (χ0n) is 9.52. The second-order valence-electron chi connectivity index (χ2n) is 3.99. The highest BCUT2D eigenvalue weighted by Gasteiger charge is 2.24. The Labute approximate surface area is 95.8 Å². The van der Waals surface area contributed by atoms with Crippen LogP contribution in [-0.2, 0) is 4.79 Å². The van der Waals surface area contributed by atoms with Gasteiger partial charge in [-0.3, -0.25) is 4.79 Å². The average Bonchev–Trinajstić information content (AvgIpc) is 2.69. The van der Waals surface area contributed by atoms with Gasteiger partial charge in [0, 0.05) is 5.71 Å². The van der Waals surface area contributed by atoms with Crippen LogP contribution in [0.5, 0.6) is 0 Å². The van der Waals surface area contributed by atoms with E-state index in [-0.39, 0.29) is 5.91 Å². The zero-order valence-corrected chi connectivity index (χ0v) is 9.52. The molecule has 0 saturated carbocycles. The van der Waals surface area contributed by atoms with Gasteiger partial charge in [-0.1, -0.05) is 31.5 Å². The maximum absolute atomic E-state index is 11.8. The van der Waals surface area contributed by atoms with Gasteiger partial charge in [-0.2, -0.15) is 5.10 Å². The minimum atomic E-state index is 0.0808. The van der Waals surface area contributed by atoms with Gasteiger partial charge in [-0.15, -0.1) is 0 Å². The molecule has 3 nitrogen and oxygen atoms in total. The van der Waals surface area contributed by atoms with Crippen molar-refractivity contribution in [1.82, 2.24) is 0 Å². The predicted octanol–water partition coefficient (Wildman–Crippen LogP) is 2.97. The monoisotopic (exact) mass is 216 g/mol. The number of carbonyl (C=O) groups is 1. The van der Waals surface area contributed by atoms with E-state index in [1.165, 1.54) is 5.01 Å². The van der Waals surface area contributed by atoms with Gasteiger partial charge in [0.25, 0.3) is 5.91 Å². The molecule has 1 heterocycles. The molecule has 0 aliphatic carbocycles. The normalized spacial score (nSPS) is 15.4. The fourth-order valence-electron chi connectivity index (χ4n) is 1.77. The molecule has 1 aromatic carbocycles. The number of nitrogens with zero attached hydrogens (tertiary/aromatic N) is 2. The van der Waals surface area contributed by atoms with Gasteiger partial charge in [0.15, 0.2) is 0 Å². The molecule has 0 spiro atoms. The van der Waals surface area contributed by atoms with E-state index >= 15 is 0 Å². The van der Waals surface area contributed by atoms with Crippen molar-refractivity contribution < 1.29 is 4.79 Å². The Kier molecular flexibility index (Phi) is 3.34. The molecular formula is C13H16N2O. The quantitative estimate of drug-likeness (QED) is 0.761. The van der Waals surface area contributed by atoms with Crippen LogP contribution in [0.4, 0.5) is 5.69 Å². The van der Waals surface area contributed by atoms with E-state index in [0.29, 0.717) is 6.42 Å². The molecule has 2 rings (SSSR count). The van der Waals surface area contributed by atoms with Gasteiger partial charge in [-0.25, -0.2) is 5.01 Å². The number of carbonyl (C=O) groups excluding carboxylic acids is 1. The first-order chi connectivity index (χ1) is 7.81. The van der Waals surface area contributed by atoms with Crippen molar-refractivity contribution in [2.75, 3.05) is 5.01 Å². The second kappa shape index (κ2) is 4.92. The molecule has 0 aromatic heterocycles. The lowest BCUT2D eigenvalue weighted by atomic mass is 10.1. The Morgan fingerprint density at radius 2 is 2.06 bits per heavy atom. The number of unbranched alkanes of at least 4 members (excludes halogenated alkanes) is 1. The maximum atomic E-state index is 11.8. The van der Waals surface area contributed by atoms with Crippen molar-refractivity contribution in [2.24, 2.45) is 5.10 Å². The van der Waals surface area contributed by atoms with Crippen LogP contribution in [-0.4, -0.2) is 11.6 Å². The lowest BCUT2D eigenvalue weighted by Gasteiger charge is -2.10. The molecule has 0 bridgehead atoms. The van der Waals surface area contributed by atoms with E-state index in [9.17, 15) is 4.79 Å². The fraction of sp³-hybridized carbons (Fsp3) is 0.385. The first-order valence-corrected chi connectivity index (χ1v) is 5.75. The number of amides is 1. The number of anilines is 1. The third kappa shape index (κ3) is 2.30. The van der Waals surface area contributed by atoms with Crippen molar-refractivity contribution in [3.63, 3.8) is 0 Å². The van der Waals surface area contributed by atoms with Gasteiger partial charge in [0.1, 0.15) is 0 Å². The number of hydrazone groups is 1. The summed E-state index contributed by atoms with van der Waals surface area (Å²) < 4.78 is 0. The number of benzene rings is 1. The summed E-state index contributed by atoms with van der Waals surface area (Å²) in [5.41, 5.74) is 1.87. The largest absolute Gasteiger partial charge is 0.272 e. The van der Waals surface area contributed by atoms with Crippen LogP contribution in [0.25, 0.3) is 0 Å². The Morgan fingerprint density at radius 1 is 1.31 bits per heavy atom. The Balaban J connectivity index is 2.11. The molecule has 0 fully saturated rings. The van der Waals surface area contributed by atoms with Crippen molar-refractivity contribution >= 4 is 17.3 Å². The standard InChI is InChI=1S/C13H16N2O/c1-2-3-7-11-10-13(16)15(14-11)12-8-5-4-6-9-12/h4-6,8-9H,2-3,7,10H2,1H3. The van der Waals surface area contributed by atoms with E-state index in [1.807, 2.05) is 30.3 Å². The Bertz CT molecular complexity index is 398. The fourth-order valence-corrected chi connectivity index (χ4v) is 1.77. The van der Waals surface area contributed by atoms with Crippen LogP contribution >= 0.6 is 0 Å². The van der Waals surface area contributed by atoms with Crippen LogP contribution in [0.15, 0.2) is 35.4 Å². The number of hydrogen-bond donors (Lipinski definition) is 0. The molecular weight excluding hydrogens is 200 g/mol. The highest BCUT2D eigenvalue weighted by Crippen LogP contribution is 2.21. The third-order valence-corrected chi connectivity index (χ3v) is 2.65. The van der Waals surface area contributed by atoms with E-state index in [4.69, 9.17) is 0 Å². The number of hydrogen-bond acceptors (Lipinski definition) is 2. The van der Waals surface area contributed by atoms with E-state index in [1.54, 1.807) is 0 Å². The summed E-state index contributed by atoms with van der Waals surface area (Å²) in [5.74, 6) is 0.0808. The number of rotatable bonds is 4. The molecule has 0 unspecified atom stereocenters. The van der Waals surface area contributed by atoms with Gasteiger partial charge in [-0.05, 0) is 25.0 Å². The molecule has 0 radical (unpaired) electrons. The summed E-state index contributed by atoms with van der Waals surface area (Å²) in [4.78, 5) is 11.8. The average molecular weight is 216 g/mol. The maximum Gasteiger partial charge on any atom is 0.253 e. The lowest BCUT2D eigenvalue weighted by Crippen LogP contribution is -2.19. The second-order valence-corrected chi connectivity index (χ2v) is 3.99. The predicted molar refractivity (Wildman–Crippen MR) is 65.5 cm³/mol. The molecule has 1 aliphatic heterocycles. The van der Waals surface area contributed by atoms with Crippen molar-refractivity contribution in [2.45, 2.75) is 32.6 Å². The topological polar surface area (TPSA) is 32.7 Å². The zero-order chi connectivity index (χ0) is 11.4. The van der Waals surface area contributed by atoms with Crippen LogP contribution in [0.3, 0.4) is 0 Å². The van der Waals surface area contributed by atoms with E-state index < -0.39 is 0 Å². The van der Waals surface area contributed by atoms with Crippen LogP contribution in [0.1, 0.15) is 32.6 Å². The van der Waals surface area contributed by atoms with Crippen LogP contribution in [0.2, 0.25) is 0 Å². The lowest BCUT2D eigenvalue weighted by molar-refractivity contribution is -0.116. The summed E-state index contributed by atoms with van der Waals surface area (Å²) in [6.45, 7) is 2.15. The minimum Gasteiger partial charge on any atom is -0.272 e. The van der Waals surface area contributed by atoms with Crippen molar-refractivity contribution in [3.8, 4) is 0 Å². The molecule has 0 atom stereocenters. The summed E-state index contributed by atoms with van der Waals surface area (Å²) in [6, 6.07) is 9.59. The van der Waals surface area contributed by atoms with Crippen LogP contribution in [0, 0.1) is 0 Å². The Morgan fingerprint density at radius 3 is 2.75 bits per heavy atom. The van der Waals surface area contributed by atoms with E-state index in [2.05, 4.69) is 12.0 Å². The number of para-hydroxylation sites is 1. The van der Waals surface area contributed by atoms with Gasteiger partial charge >= 0.3 is 0 Å². The molecule has 84 valence electrons. The van der Waals surface area contributed by atoms with Crippen LogP contribution < -0.4 is 5.01 Å². The first-order valence-electron chi connectivity index (χ1n) is 5.75.